The lowest BCUT2D eigenvalue weighted by Crippen LogP contribution is -2.17. The first-order valence-corrected chi connectivity index (χ1v) is 10.5. The number of aromatic nitrogens is 3. The van der Waals surface area contributed by atoms with Gasteiger partial charge in [-0.05, 0) is 23.8 Å². The monoisotopic (exact) mass is 419 g/mol. The van der Waals surface area contributed by atoms with Crippen molar-refractivity contribution in [2.45, 2.75) is 24.3 Å². The van der Waals surface area contributed by atoms with Crippen LogP contribution in [-0.2, 0) is 19.2 Å². The van der Waals surface area contributed by atoms with Gasteiger partial charge in [-0.25, -0.2) is 5.43 Å². The summed E-state index contributed by atoms with van der Waals surface area (Å²) in [5.74, 6) is 1.34. The molecule has 2 aromatic heterocycles. The molecule has 4 aromatic rings. The van der Waals surface area contributed by atoms with E-state index in [4.69, 9.17) is 4.42 Å². The molecule has 0 spiro atoms. The van der Waals surface area contributed by atoms with E-state index in [0.717, 1.165) is 45.2 Å². The second-order valence-electron chi connectivity index (χ2n) is 6.70. The first-order chi connectivity index (χ1) is 14.7. The summed E-state index contributed by atoms with van der Waals surface area (Å²) in [6.07, 6.45) is 4.07. The van der Waals surface area contributed by atoms with Gasteiger partial charge in [-0.3, -0.25) is 4.79 Å². The molecule has 0 atom stereocenters. The van der Waals surface area contributed by atoms with Gasteiger partial charge in [0.2, 0.25) is 0 Å². The fraction of sp³-hybridized carbons (Fsp3) is 0.182. The SMILES string of the molecule is CCc1oc2ccccc2c1/C=N\NC(=O)c1ccc(CSc2nncn2C)cc1. The van der Waals surface area contributed by atoms with Crippen molar-refractivity contribution < 1.29 is 9.21 Å². The molecule has 0 saturated carbocycles. The molecule has 2 aromatic carbocycles. The van der Waals surface area contributed by atoms with Crippen LogP contribution in [0.5, 0.6) is 0 Å². The van der Waals surface area contributed by atoms with Crippen LogP contribution in [0.2, 0.25) is 0 Å². The summed E-state index contributed by atoms with van der Waals surface area (Å²) in [6, 6.07) is 15.3. The summed E-state index contributed by atoms with van der Waals surface area (Å²) in [5.41, 5.74) is 5.95. The third kappa shape index (κ3) is 4.28. The van der Waals surface area contributed by atoms with Gasteiger partial charge in [0.15, 0.2) is 5.16 Å². The standard InChI is InChI=1S/C22H21N5O2S/c1-3-19-18(17-6-4-5-7-20(17)29-19)12-23-25-21(28)16-10-8-15(9-11-16)13-30-22-26-24-14-27(22)2/h4-12,14H,3,13H2,1-2H3,(H,25,28)/b23-12-. The van der Waals surface area contributed by atoms with Gasteiger partial charge in [0.05, 0.1) is 6.21 Å². The van der Waals surface area contributed by atoms with E-state index in [2.05, 4.69) is 20.7 Å². The van der Waals surface area contributed by atoms with E-state index in [1.54, 1.807) is 36.4 Å². The zero-order valence-electron chi connectivity index (χ0n) is 16.7. The maximum absolute atomic E-state index is 12.4. The number of benzene rings is 2. The number of nitrogens with zero attached hydrogens (tertiary/aromatic N) is 4. The van der Waals surface area contributed by atoms with Crippen LogP contribution in [0.25, 0.3) is 11.0 Å². The van der Waals surface area contributed by atoms with Crippen LogP contribution in [0, 0.1) is 0 Å². The molecule has 4 rings (SSSR count). The Balaban J connectivity index is 1.39. The number of carbonyl (C=O) groups excluding carboxylic acids is 1. The quantitative estimate of drug-likeness (QED) is 0.276. The Morgan fingerprint density at radius 1 is 1.23 bits per heavy atom. The lowest BCUT2D eigenvalue weighted by Gasteiger charge is -2.03. The molecule has 0 saturated heterocycles. The van der Waals surface area contributed by atoms with E-state index < -0.39 is 0 Å². The van der Waals surface area contributed by atoms with Crippen LogP contribution < -0.4 is 5.43 Å². The summed E-state index contributed by atoms with van der Waals surface area (Å²) in [4.78, 5) is 12.4. The van der Waals surface area contributed by atoms with Gasteiger partial charge in [0.1, 0.15) is 17.7 Å². The number of nitrogens with one attached hydrogen (secondary N) is 1. The normalized spacial score (nSPS) is 11.4. The van der Waals surface area contributed by atoms with Crippen molar-refractivity contribution in [3.8, 4) is 0 Å². The Labute approximate surface area is 178 Å². The summed E-state index contributed by atoms with van der Waals surface area (Å²) >= 11 is 1.59. The largest absolute Gasteiger partial charge is 0.460 e. The fourth-order valence-corrected chi connectivity index (χ4v) is 3.89. The minimum absolute atomic E-state index is 0.260. The highest BCUT2D eigenvalue weighted by Crippen LogP contribution is 2.24. The molecule has 0 aliphatic heterocycles. The van der Waals surface area contributed by atoms with Crippen molar-refractivity contribution in [1.82, 2.24) is 20.2 Å². The van der Waals surface area contributed by atoms with Gasteiger partial charge in [-0.15, -0.1) is 10.2 Å². The fourth-order valence-electron chi connectivity index (χ4n) is 3.04. The van der Waals surface area contributed by atoms with E-state index in [1.165, 1.54) is 0 Å². The molecular formula is C22H21N5O2S. The van der Waals surface area contributed by atoms with Crippen LogP contribution in [0.15, 0.2) is 69.5 Å². The number of hydrogen-bond donors (Lipinski definition) is 1. The molecule has 0 aliphatic carbocycles. The van der Waals surface area contributed by atoms with Gasteiger partial charge in [0.25, 0.3) is 5.91 Å². The highest BCUT2D eigenvalue weighted by atomic mass is 32.2. The number of hydrazone groups is 1. The predicted molar refractivity (Wildman–Crippen MR) is 118 cm³/mol. The van der Waals surface area contributed by atoms with E-state index in [1.807, 2.05) is 54.9 Å². The van der Waals surface area contributed by atoms with Crippen LogP contribution in [-0.4, -0.2) is 26.9 Å². The molecule has 0 aliphatic rings. The number of thioether (sulfide) groups is 1. The number of aryl methyl sites for hydroxylation is 2. The second kappa shape index (κ2) is 8.96. The maximum Gasteiger partial charge on any atom is 0.271 e. The Kier molecular flexibility index (Phi) is 5.94. The van der Waals surface area contributed by atoms with Crippen molar-refractivity contribution in [3.63, 3.8) is 0 Å². The van der Waals surface area contributed by atoms with Crippen LogP contribution in [0.1, 0.15) is 34.2 Å². The van der Waals surface area contributed by atoms with Gasteiger partial charge in [-0.2, -0.15) is 5.10 Å². The Morgan fingerprint density at radius 2 is 2.03 bits per heavy atom. The third-order valence-electron chi connectivity index (χ3n) is 4.65. The average Bonchev–Trinajstić information content (AvgIpc) is 3.35. The summed E-state index contributed by atoms with van der Waals surface area (Å²) in [6.45, 7) is 2.03. The molecule has 1 amide bonds. The van der Waals surface area contributed by atoms with Crippen molar-refractivity contribution in [2.75, 3.05) is 0 Å². The number of amides is 1. The molecule has 0 radical (unpaired) electrons. The van der Waals surface area contributed by atoms with Gasteiger partial charge >= 0.3 is 0 Å². The molecule has 8 heteroatoms. The third-order valence-corrected chi connectivity index (χ3v) is 5.75. The lowest BCUT2D eigenvalue weighted by molar-refractivity contribution is 0.0955. The Bertz CT molecular complexity index is 1190. The molecular weight excluding hydrogens is 398 g/mol. The highest BCUT2D eigenvalue weighted by Gasteiger charge is 2.11. The van der Waals surface area contributed by atoms with Crippen LogP contribution in [0.4, 0.5) is 0 Å². The maximum atomic E-state index is 12.4. The summed E-state index contributed by atoms with van der Waals surface area (Å²) in [5, 5.41) is 13.9. The van der Waals surface area contributed by atoms with Crippen LogP contribution in [0.3, 0.4) is 0 Å². The minimum Gasteiger partial charge on any atom is -0.460 e. The molecule has 152 valence electrons. The average molecular weight is 420 g/mol. The molecule has 0 unspecified atom stereocenters. The van der Waals surface area contributed by atoms with Gasteiger partial charge in [0, 0.05) is 35.7 Å². The first-order valence-electron chi connectivity index (χ1n) is 9.55. The first kappa shape index (κ1) is 19.9. The lowest BCUT2D eigenvalue weighted by atomic mass is 10.1. The van der Waals surface area contributed by atoms with Crippen LogP contribution >= 0.6 is 11.8 Å². The number of fused-ring (bicyclic) bond motifs is 1. The Hall–Kier alpha value is -3.39. The van der Waals surface area contributed by atoms with Gasteiger partial charge < -0.3 is 8.98 Å². The van der Waals surface area contributed by atoms with E-state index in [0.29, 0.717) is 5.56 Å². The zero-order valence-corrected chi connectivity index (χ0v) is 17.5. The molecule has 1 N–H and O–H groups in total. The number of furan rings is 1. The molecule has 30 heavy (non-hydrogen) atoms. The zero-order chi connectivity index (χ0) is 20.9. The van der Waals surface area contributed by atoms with Crippen molar-refractivity contribution in [3.05, 3.63) is 77.3 Å². The molecule has 7 nitrogen and oxygen atoms in total. The smallest absolute Gasteiger partial charge is 0.271 e. The molecule has 0 fully saturated rings. The number of rotatable bonds is 7. The number of hydrogen-bond acceptors (Lipinski definition) is 6. The topological polar surface area (TPSA) is 85.3 Å². The van der Waals surface area contributed by atoms with E-state index in [9.17, 15) is 4.79 Å². The summed E-state index contributed by atoms with van der Waals surface area (Å²) in [7, 11) is 1.91. The predicted octanol–water partition coefficient (Wildman–Crippen LogP) is 4.18. The molecule has 0 bridgehead atoms. The van der Waals surface area contributed by atoms with Crippen molar-refractivity contribution in [1.29, 1.82) is 0 Å². The van der Waals surface area contributed by atoms with Crippen molar-refractivity contribution >= 4 is 34.9 Å². The van der Waals surface area contributed by atoms with E-state index in [-0.39, 0.29) is 5.91 Å². The summed E-state index contributed by atoms with van der Waals surface area (Å²) < 4.78 is 7.72. The second-order valence-corrected chi connectivity index (χ2v) is 7.64. The Morgan fingerprint density at radius 3 is 2.77 bits per heavy atom. The number of carbonyl (C=O) groups is 1. The van der Waals surface area contributed by atoms with E-state index >= 15 is 0 Å². The minimum atomic E-state index is -0.260. The number of para-hydroxylation sites is 1. The highest BCUT2D eigenvalue weighted by molar-refractivity contribution is 7.98. The molecule has 2 heterocycles. The van der Waals surface area contributed by atoms with Crippen molar-refractivity contribution in [2.24, 2.45) is 12.1 Å². The van der Waals surface area contributed by atoms with Gasteiger partial charge in [-0.1, -0.05) is 49.0 Å².